The van der Waals surface area contributed by atoms with Crippen molar-refractivity contribution in [3.63, 3.8) is 0 Å². The largest absolute Gasteiger partial charge is 0.497 e. The van der Waals surface area contributed by atoms with Crippen LogP contribution in [0.2, 0.25) is 0 Å². The molecular formula is C28H26O5. The van der Waals surface area contributed by atoms with Gasteiger partial charge in [-0.3, -0.25) is 14.4 Å². The summed E-state index contributed by atoms with van der Waals surface area (Å²) in [6, 6.07) is 24.3. The molecule has 168 valence electrons. The van der Waals surface area contributed by atoms with Gasteiger partial charge in [0, 0.05) is 23.5 Å². The van der Waals surface area contributed by atoms with E-state index < -0.39 is 23.4 Å². The van der Waals surface area contributed by atoms with Crippen LogP contribution in [0, 0.1) is 11.8 Å². The van der Waals surface area contributed by atoms with Gasteiger partial charge in [-0.05, 0) is 24.6 Å². The minimum absolute atomic E-state index is 0.278. The number of methoxy groups -OCH3 is 1. The number of Topliss-reactive ketones (excluding diaryl/α,β-unsaturated/α-hetero) is 3. The second-order valence-electron chi connectivity index (χ2n) is 8.72. The molecule has 0 heterocycles. The van der Waals surface area contributed by atoms with Crippen LogP contribution in [0.15, 0.2) is 84.9 Å². The molecule has 0 radical (unpaired) electrons. The molecule has 1 saturated carbocycles. The Balaban J connectivity index is 1.90. The van der Waals surface area contributed by atoms with Crippen LogP contribution in [0.3, 0.4) is 0 Å². The van der Waals surface area contributed by atoms with E-state index >= 15 is 0 Å². The first-order valence-corrected chi connectivity index (χ1v) is 10.9. The summed E-state index contributed by atoms with van der Waals surface area (Å²) < 4.78 is 5.37. The van der Waals surface area contributed by atoms with Gasteiger partial charge in [-0.25, -0.2) is 0 Å². The summed E-state index contributed by atoms with van der Waals surface area (Å²) in [5.74, 6) is -3.43. The SMILES string of the molecule is COc1cccc(C2C(C(=O)c3ccccc3)C(=O)CC(C)(O)C2C(=O)c2ccccc2)c1. The minimum atomic E-state index is -1.62. The number of benzene rings is 3. The van der Waals surface area contributed by atoms with E-state index in [1.165, 1.54) is 14.0 Å². The van der Waals surface area contributed by atoms with Crippen LogP contribution in [0.1, 0.15) is 45.5 Å². The van der Waals surface area contributed by atoms with Crippen LogP contribution in [0.5, 0.6) is 5.75 Å². The first-order chi connectivity index (χ1) is 15.8. The van der Waals surface area contributed by atoms with Crippen LogP contribution >= 0.6 is 0 Å². The van der Waals surface area contributed by atoms with E-state index in [9.17, 15) is 19.5 Å². The van der Waals surface area contributed by atoms with Crippen molar-refractivity contribution < 1.29 is 24.2 Å². The molecule has 0 amide bonds. The molecule has 1 aliphatic carbocycles. The number of ether oxygens (including phenoxy) is 1. The van der Waals surface area contributed by atoms with Crippen molar-refractivity contribution in [3.8, 4) is 5.75 Å². The zero-order chi connectivity index (χ0) is 23.6. The Labute approximate surface area is 193 Å². The molecule has 4 unspecified atom stereocenters. The predicted molar refractivity (Wildman–Crippen MR) is 125 cm³/mol. The Morgan fingerprint density at radius 1 is 0.879 bits per heavy atom. The van der Waals surface area contributed by atoms with E-state index in [2.05, 4.69) is 0 Å². The molecule has 1 N–H and O–H groups in total. The van der Waals surface area contributed by atoms with Crippen LogP contribution in [0.4, 0.5) is 0 Å². The van der Waals surface area contributed by atoms with Gasteiger partial charge in [0.1, 0.15) is 11.5 Å². The molecule has 0 saturated heterocycles. The standard InChI is InChI=1S/C28H26O5/c1-28(32)17-22(29)24(26(30)18-10-5-3-6-11-18)23(20-14-9-15-21(16-20)33-2)25(28)27(31)19-12-7-4-8-13-19/h3-16,23-25,32H,17H2,1-2H3. The van der Waals surface area contributed by atoms with Crippen LogP contribution in [-0.4, -0.2) is 35.2 Å². The zero-order valence-corrected chi connectivity index (χ0v) is 18.6. The van der Waals surface area contributed by atoms with Gasteiger partial charge in [0.05, 0.1) is 24.5 Å². The number of carbonyl (C=O) groups is 3. The molecule has 1 fully saturated rings. The van der Waals surface area contributed by atoms with E-state index in [1.807, 2.05) is 0 Å². The first kappa shape index (κ1) is 22.6. The van der Waals surface area contributed by atoms with Gasteiger partial charge in [-0.1, -0.05) is 72.8 Å². The fraction of sp³-hybridized carbons (Fsp3) is 0.250. The molecule has 0 aliphatic heterocycles. The van der Waals surface area contributed by atoms with Crippen molar-refractivity contribution in [2.24, 2.45) is 11.8 Å². The van der Waals surface area contributed by atoms with E-state index in [0.29, 0.717) is 22.4 Å². The summed E-state index contributed by atoms with van der Waals surface area (Å²) in [6.45, 7) is 1.51. The van der Waals surface area contributed by atoms with E-state index in [4.69, 9.17) is 4.74 Å². The van der Waals surface area contributed by atoms with Gasteiger partial charge in [0.25, 0.3) is 0 Å². The van der Waals surface area contributed by atoms with Crippen molar-refractivity contribution in [2.75, 3.05) is 7.11 Å². The highest BCUT2D eigenvalue weighted by Gasteiger charge is 2.55. The van der Waals surface area contributed by atoms with Crippen molar-refractivity contribution in [3.05, 3.63) is 102 Å². The van der Waals surface area contributed by atoms with Crippen LogP contribution < -0.4 is 4.74 Å². The van der Waals surface area contributed by atoms with Gasteiger partial charge < -0.3 is 9.84 Å². The lowest BCUT2D eigenvalue weighted by Gasteiger charge is -2.45. The minimum Gasteiger partial charge on any atom is -0.497 e. The Morgan fingerprint density at radius 3 is 2.03 bits per heavy atom. The summed E-state index contributed by atoms with van der Waals surface area (Å²) in [5.41, 5.74) is -0.191. The third-order valence-corrected chi connectivity index (χ3v) is 6.43. The molecule has 4 atom stereocenters. The quantitative estimate of drug-likeness (QED) is 0.449. The fourth-order valence-corrected chi connectivity index (χ4v) is 4.90. The fourth-order valence-electron chi connectivity index (χ4n) is 4.90. The molecular weight excluding hydrogens is 416 g/mol. The molecule has 4 rings (SSSR count). The monoisotopic (exact) mass is 442 g/mol. The molecule has 5 heteroatoms. The Bertz CT molecular complexity index is 1170. The van der Waals surface area contributed by atoms with Crippen molar-refractivity contribution in [1.82, 2.24) is 0 Å². The maximum atomic E-state index is 13.8. The summed E-state index contributed by atoms with van der Waals surface area (Å²) in [4.78, 5) is 40.7. The van der Waals surface area contributed by atoms with Crippen molar-refractivity contribution >= 4 is 17.3 Å². The van der Waals surface area contributed by atoms with Crippen LogP contribution in [0.25, 0.3) is 0 Å². The molecule has 3 aromatic rings. The lowest BCUT2D eigenvalue weighted by molar-refractivity contribution is -0.134. The Hall–Kier alpha value is -3.57. The van der Waals surface area contributed by atoms with Gasteiger partial charge in [-0.15, -0.1) is 0 Å². The van der Waals surface area contributed by atoms with Gasteiger partial charge in [0.15, 0.2) is 11.6 Å². The lowest BCUT2D eigenvalue weighted by atomic mass is 9.58. The average Bonchev–Trinajstić information content (AvgIpc) is 2.83. The zero-order valence-electron chi connectivity index (χ0n) is 18.6. The molecule has 0 bridgehead atoms. The summed E-state index contributed by atoms with van der Waals surface area (Å²) >= 11 is 0. The summed E-state index contributed by atoms with van der Waals surface area (Å²) in [7, 11) is 1.53. The maximum Gasteiger partial charge on any atom is 0.173 e. The highest BCUT2D eigenvalue weighted by molar-refractivity contribution is 6.13. The molecule has 1 aliphatic rings. The molecule has 3 aromatic carbocycles. The topological polar surface area (TPSA) is 80.7 Å². The highest BCUT2D eigenvalue weighted by atomic mass is 16.5. The molecule has 33 heavy (non-hydrogen) atoms. The maximum absolute atomic E-state index is 13.8. The summed E-state index contributed by atoms with van der Waals surface area (Å²) in [5, 5.41) is 11.4. The number of rotatable bonds is 6. The van der Waals surface area contributed by atoms with Crippen molar-refractivity contribution in [2.45, 2.75) is 24.9 Å². The third kappa shape index (κ3) is 4.37. The third-order valence-electron chi connectivity index (χ3n) is 6.43. The summed E-state index contributed by atoms with van der Waals surface area (Å²) in [6.07, 6.45) is -0.278. The van der Waals surface area contributed by atoms with Crippen molar-refractivity contribution in [1.29, 1.82) is 0 Å². The lowest BCUT2D eigenvalue weighted by Crippen LogP contribution is -2.54. The number of hydrogen-bond donors (Lipinski definition) is 1. The average molecular weight is 443 g/mol. The molecule has 5 nitrogen and oxygen atoms in total. The molecule has 0 aromatic heterocycles. The smallest absolute Gasteiger partial charge is 0.173 e. The van der Waals surface area contributed by atoms with E-state index in [1.54, 1.807) is 84.9 Å². The normalized spacial score (nSPS) is 24.8. The number of carbonyl (C=O) groups excluding carboxylic acids is 3. The molecule has 0 spiro atoms. The Morgan fingerprint density at radius 2 is 1.45 bits per heavy atom. The second kappa shape index (κ2) is 9.12. The van der Waals surface area contributed by atoms with Crippen LogP contribution in [-0.2, 0) is 4.79 Å². The second-order valence-corrected chi connectivity index (χ2v) is 8.72. The van der Waals surface area contributed by atoms with Gasteiger partial charge in [-0.2, -0.15) is 0 Å². The predicted octanol–water partition coefficient (Wildman–Crippen LogP) is 4.50. The van der Waals surface area contributed by atoms with Gasteiger partial charge >= 0.3 is 0 Å². The first-order valence-electron chi connectivity index (χ1n) is 10.9. The number of hydrogen-bond acceptors (Lipinski definition) is 5. The number of ketones is 3. The number of aliphatic hydroxyl groups is 1. The van der Waals surface area contributed by atoms with Gasteiger partial charge in [0.2, 0.25) is 0 Å². The van der Waals surface area contributed by atoms with E-state index in [0.717, 1.165) is 0 Å². The Kier molecular flexibility index (Phi) is 6.25. The van der Waals surface area contributed by atoms with E-state index in [-0.39, 0.29) is 23.8 Å². The highest BCUT2D eigenvalue weighted by Crippen LogP contribution is 2.48.